The van der Waals surface area contributed by atoms with Gasteiger partial charge in [-0.3, -0.25) is 25.3 Å². The van der Waals surface area contributed by atoms with E-state index in [-0.39, 0.29) is 19.6 Å². The summed E-state index contributed by atoms with van der Waals surface area (Å²) in [4.78, 5) is 51.9. The van der Waals surface area contributed by atoms with Crippen LogP contribution in [0.1, 0.15) is 47.5 Å². The summed E-state index contributed by atoms with van der Waals surface area (Å²) in [5.41, 5.74) is 9.53. The van der Waals surface area contributed by atoms with Crippen LogP contribution in [0, 0.1) is 11.8 Å². The van der Waals surface area contributed by atoms with Crippen LogP contribution in [0.4, 0.5) is 4.79 Å². The minimum Gasteiger partial charge on any atom is -0.479 e. The lowest BCUT2D eigenvalue weighted by atomic mass is 9.83. The van der Waals surface area contributed by atoms with Crippen molar-refractivity contribution in [2.45, 2.75) is 96.4 Å². The van der Waals surface area contributed by atoms with Crippen molar-refractivity contribution in [1.29, 1.82) is 0 Å². The van der Waals surface area contributed by atoms with Crippen LogP contribution in [0.3, 0.4) is 0 Å². The molecule has 2 rings (SSSR count). The molecule has 2 fully saturated rings. The molecule has 236 valence electrons. The normalized spacial score (nSPS) is 33.4. The SMILES string of the molecule is CCOC(=O)NNCCCC(=O)NNOCC1O[C@@H](C)C(NC(C)=O)[C@@H](O[C@@H]2OC(C(=O)O)[C@@H](C)[C@H](C)C2O)[C@@H]1O. The number of hydrogen-bond acceptors (Lipinski definition) is 13. The van der Waals surface area contributed by atoms with Crippen LogP contribution in [0.15, 0.2) is 0 Å². The molecule has 17 heteroatoms. The zero-order valence-electron chi connectivity index (χ0n) is 23.8. The van der Waals surface area contributed by atoms with Crippen molar-refractivity contribution >= 4 is 23.9 Å². The largest absolute Gasteiger partial charge is 0.479 e. The number of aliphatic hydroxyl groups is 2. The molecular formula is C24H43N5O12. The first-order valence-corrected chi connectivity index (χ1v) is 13.5. The number of carboxylic acids is 1. The van der Waals surface area contributed by atoms with Crippen molar-refractivity contribution in [1.82, 2.24) is 27.2 Å². The minimum absolute atomic E-state index is 0.0971. The molecule has 3 amide bonds. The van der Waals surface area contributed by atoms with Gasteiger partial charge in [0, 0.05) is 19.9 Å². The summed E-state index contributed by atoms with van der Waals surface area (Å²) >= 11 is 0. The van der Waals surface area contributed by atoms with Crippen molar-refractivity contribution < 1.29 is 58.3 Å². The molecule has 0 aromatic rings. The third-order valence-corrected chi connectivity index (χ3v) is 6.96. The molecule has 2 saturated heterocycles. The molecule has 2 aliphatic heterocycles. The van der Waals surface area contributed by atoms with Crippen LogP contribution in [0.2, 0.25) is 0 Å². The van der Waals surface area contributed by atoms with Gasteiger partial charge >= 0.3 is 12.1 Å². The van der Waals surface area contributed by atoms with Gasteiger partial charge in [-0.1, -0.05) is 13.8 Å². The molecule has 8 N–H and O–H groups in total. The minimum atomic E-state index is -1.41. The van der Waals surface area contributed by atoms with Crippen LogP contribution >= 0.6 is 0 Å². The molecule has 0 aromatic carbocycles. The maximum absolute atomic E-state index is 12.0. The van der Waals surface area contributed by atoms with Crippen molar-refractivity contribution in [3.05, 3.63) is 0 Å². The monoisotopic (exact) mass is 593 g/mol. The summed E-state index contributed by atoms with van der Waals surface area (Å²) in [5.74, 6) is -3.05. The van der Waals surface area contributed by atoms with Crippen LogP contribution in [-0.2, 0) is 38.2 Å². The Hall–Kier alpha value is -2.64. The molecule has 17 nitrogen and oxygen atoms in total. The number of hydrogen-bond donors (Lipinski definition) is 8. The maximum atomic E-state index is 12.0. The lowest BCUT2D eigenvalue weighted by Crippen LogP contribution is -2.66. The van der Waals surface area contributed by atoms with E-state index < -0.39 is 84.7 Å². The van der Waals surface area contributed by atoms with E-state index in [1.54, 1.807) is 27.7 Å². The molecule has 41 heavy (non-hydrogen) atoms. The van der Waals surface area contributed by atoms with E-state index in [0.717, 1.165) is 0 Å². The highest BCUT2D eigenvalue weighted by atomic mass is 16.7. The molecular weight excluding hydrogens is 550 g/mol. The Morgan fingerprint density at radius 1 is 0.976 bits per heavy atom. The molecule has 0 aromatic heterocycles. The van der Waals surface area contributed by atoms with E-state index in [4.69, 9.17) is 19.0 Å². The number of carbonyl (C=O) groups excluding carboxylic acids is 3. The molecule has 0 spiro atoms. The third-order valence-electron chi connectivity index (χ3n) is 6.96. The molecule has 2 heterocycles. The number of amides is 3. The van der Waals surface area contributed by atoms with Gasteiger partial charge in [0.2, 0.25) is 11.8 Å². The zero-order chi connectivity index (χ0) is 30.7. The summed E-state index contributed by atoms with van der Waals surface area (Å²) in [6, 6.07) is -0.868. The molecule has 0 aliphatic carbocycles. The number of carboxylic acid groups (broad SMARTS) is 1. The predicted molar refractivity (Wildman–Crippen MR) is 138 cm³/mol. The average Bonchev–Trinajstić information content (AvgIpc) is 2.90. The molecule has 2 aliphatic rings. The smallest absolute Gasteiger partial charge is 0.421 e. The Labute approximate surface area is 237 Å². The van der Waals surface area contributed by atoms with Crippen LogP contribution in [0.5, 0.6) is 0 Å². The maximum Gasteiger partial charge on any atom is 0.421 e. The van der Waals surface area contributed by atoms with Crippen molar-refractivity contribution in [3.63, 3.8) is 0 Å². The van der Waals surface area contributed by atoms with Crippen molar-refractivity contribution in [2.75, 3.05) is 19.8 Å². The number of rotatable bonds is 14. The number of aliphatic carboxylic acids is 1. The van der Waals surface area contributed by atoms with E-state index in [9.17, 15) is 34.5 Å². The van der Waals surface area contributed by atoms with E-state index in [1.807, 2.05) is 0 Å². The van der Waals surface area contributed by atoms with E-state index >= 15 is 0 Å². The number of aliphatic hydroxyl groups excluding tert-OH is 2. The molecule has 4 unspecified atom stereocenters. The second-order valence-electron chi connectivity index (χ2n) is 10.0. The molecule has 0 saturated carbocycles. The molecule has 10 atom stereocenters. The number of ether oxygens (including phenoxy) is 4. The Morgan fingerprint density at radius 2 is 1.68 bits per heavy atom. The van der Waals surface area contributed by atoms with E-state index in [0.29, 0.717) is 13.0 Å². The van der Waals surface area contributed by atoms with Gasteiger partial charge in [0.15, 0.2) is 12.4 Å². The fourth-order valence-corrected chi connectivity index (χ4v) is 4.52. The van der Waals surface area contributed by atoms with Gasteiger partial charge in [-0.15, -0.1) is 5.59 Å². The van der Waals surface area contributed by atoms with Crippen LogP contribution < -0.4 is 27.2 Å². The van der Waals surface area contributed by atoms with Crippen molar-refractivity contribution in [2.24, 2.45) is 11.8 Å². The highest BCUT2D eigenvalue weighted by Gasteiger charge is 2.50. The Morgan fingerprint density at radius 3 is 2.32 bits per heavy atom. The van der Waals surface area contributed by atoms with Gasteiger partial charge in [0.1, 0.15) is 24.4 Å². The Balaban J connectivity index is 1.91. The van der Waals surface area contributed by atoms with Gasteiger partial charge in [-0.2, -0.15) is 0 Å². The van der Waals surface area contributed by atoms with Gasteiger partial charge < -0.3 is 39.6 Å². The van der Waals surface area contributed by atoms with Crippen LogP contribution in [0.25, 0.3) is 0 Å². The van der Waals surface area contributed by atoms with E-state index in [1.165, 1.54) is 6.92 Å². The van der Waals surface area contributed by atoms with Crippen molar-refractivity contribution in [3.8, 4) is 0 Å². The second kappa shape index (κ2) is 16.7. The zero-order valence-corrected chi connectivity index (χ0v) is 23.8. The predicted octanol–water partition coefficient (Wildman–Crippen LogP) is -1.95. The Bertz CT molecular complexity index is 882. The van der Waals surface area contributed by atoms with Gasteiger partial charge in [0.05, 0.1) is 25.4 Å². The highest BCUT2D eigenvalue weighted by Crippen LogP contribution is 2.34. The topological polar surface area (TPSA) is 235 Å². The summed E-state index contributed by atoms with van der Waals surface area (Å²) in [5, 5.41) is 34.0. The number of nitrogens with one attached hydrogen (secondary N) is 5. The fourth-order valence-electron chi connectivity index (χ4n) is 4.52. The van der Waals surface area contributed by atoms with Gasteiger partial charge in [0.25, 0.3) is 0 Å². The number of hydrazine groups is 2. The summed E-state index contributed by atoms with van der Waals surface area (Å²) in [7, 11) is 0. The number of carbonyl (C=O) groups is 4. The first kappa shape index (κ1) is 34.6. The quantitative estimate of drug-likeness (QED) is 0.0808. The van der Waals surface area contributed by atoms with Crippen LogP contribution in [-0.4, -0.2) is 108 Å². The van der Waals surface area contributed by atoms with E-state index in [2.05, 4.69) is 31.9 Å². The van der Waals surface area contributed by atoms with Gasteiger partial charge in [-0.05, 0) is 32.1 Å². The average molecular weight is 594 g/mol. The summed E-state index contributed by atoms with van der Waals surface area (Å²) in [6.45, 7) is 8.19. The first-order valence-electron chi connectivity index (χ1n) is 13.5. The summed E-state index contributed by atoms with van der Waals surface area (Å²) < 4.78 is 22.0. The lowest BCUT2D eigenvalue weighted by molar-refractivity contribution is -0.312. The molecule has 0 radical (unpaired) electrons. The standard InChI is InChI=1S/C24H43N5O12/c1-6-37-24(36)28-25-9-7-8-16(31)27-29-38-10-15-19(33)21(17(13(4)39-15)26-14(5)30)41-23-18(32)11(2)12(3)20(40-23)22(34)35/h11-13,15,17-21,23,25,29,32-33H,6-10H2,1-5H3,(H,26,30)(H,27,31)(H,28,36)(H,34,35)/t11-,12-,13-,15?,17?,18?,19+,20?,21+,23-/m0/s1. The van der Waals surface area contributed by atoms with Gasteiger partial charge in [-0.25, -0.2) is 15.0 Å². The fraction of sp³-hybridized carbons (Fsp3) is 0.833. The lowest BCUT2D eigenvalue weighted by Gasteiger charge is -2.47. The molecule has 0 bridgehead atoms. The summed E-state index contributed by atoms with van der Waals surface area (Å²) in [6.07, 6.45) is -8.27. The first-order chi connectivity index (χ1) is 19.4. The third kappa shape index (κ3) is 10.3. The second-order valence-corrected chi connectivity index (χ2v) is 10.0. The highest BCUT2D eigenvalue weighted by molar-refractivity contribution is 5.75. The Kier molecular flexibility index (Phi) is 14.1.